The van der Waals surface area contributed by atoms with E-state index in [4.69, 9.17) is 4.74 Å². The summed E-state index contributed by atoms with van der Waals surface area (Å²) in [6.45, 7) is 1.78. The zero-order valence-corrected chi connectivity index (χ0v) is 19.0. The Balaban J connectivity index is 1.44. The Hall–Kier alpha value is -2.38. The van der Waals surface area contributed by atoms with Crippen LogP contribution in [-0.2, 0) is 27.7 Å². The summed E-state index contributed by atoms with van der Waals surface area (Å²) in [5.74, 6) is 0.813. The third kappa shape index (κ3) is 6.80. The smallest absolute Gasteiger partial charge is 0.243 e. The van der Waals surface area contributed by atoms with Crippen LogP contribution in [0.25, 0.3) is 0 Å². The minimum atomic E-state index is -3.43. The minimum Gasteiger partial charge on any atom is -0.497 e. The van der Waals surface area contributed by atoms with Crippen LogP contribution in [0.3, 0.4) is 0 Å². The number of methoxy groups -OCH3 is 1. The van der Waals surface area contributed by atoms with Gasteiger partial charge in [-0.05, 0) is 61.1 Å². The summed E-state index contributed by atoms with van der Waals surface area (Å²) in [4.78, 5) is 12.5. The second-order valence-corrected chi connectivity index (χ2v) is 9.85. The maximum Gasteiger partial charge on any atom is 0.243 e. The van der Waals surface area contributed by atoms with Gasteiger partial charge in [0, 0.05) is 26.1 Å². The van der Waals surface area contributed by atoms with E-state index in [-0.39, 0.29) is 5.91 Å². The lowest BCUT2D eigenvalue weighted by molar-refractivity contribution is -0.121. The molecule has 3 rings (SSSR count). The van der Waals surface area contributed by atoms with Crippen molar-refractivity contribution in [3.63, 3.8) is 0 Å². The lowest BCUT2D eigenvalue weighted by Crippen LogP contribution is -2.31. The van der Waals surface area contributed by atoms with Gasteiger partial charge in [0.05, 0.1) is 12.0 Å². The van der Waals surface area contributed by atoms with Crippen molar-refractivity contribution in [1.82, 2.24) is 9.62 Å². The molecule has 0 saturated carbocycles. The lowest BCUT2D eigenvalue weighted by atomic mass is 10.1. The second-order valence-electron chi connectivity index (χ2n) is 7.91. The molecule has 1 amide bonds. The maximum absolute atomic E-state index is 12.8. The molecular weight excluding hydrogens is 412 g/mol. The summed E-state index contributed by atoms with van der Waals surface area (Å²) in [6.07, 6.45) is 5.74. The van der Waals surface area contributed by atoms with E-state index in [0.29, 0.717) is 37.4 Å². The summed E-state index contributed by atoms with van der Waals surface area (Å²) in [7, 11) is -1.79. The van der Waals surface area contributed by atoms with Crippen molar-refractivity contribution in [3.8, 4) is 5.75 Å². The summed E-state index contributed by atoms with van der Waals surface area (Å²) in [6, 6.07) is 14.8. The first-order valence-electron chi connectivity index (χ1n) is 11.0. The highest BCUT2D eigenvalue weighted by atomic mass is 32.2. The van der Waals surface area contributed by atoms with Gasteiger partial charge in [0.25, 0.3) is 0 Å². The van der Waals surface area contributed by atoms with E-state index in [0.717, 1.165) is 49.0 Å². The summed E-state index contributed by atoms with van der Waals surface area (Å²) < 4.78 is 32.4. The van der Waals surface area contributed by atoms with E-state index in [1.807, 2.05) is 36.4 Å². The fraction of sp³-hybridized carbons (Fsp3) is 0.458. The molecule has 6 nitrogen and oxygen atoms in total. The maximum atomic E-state index is 12.8. The number of sulfonamides is 1. The molecule has 1 fully saturated rings. The minimum absolute atomic E-state index is 0.00484. The topological polar surface area (TPSA) is 75.7 Å². The van der Waals surface area contributed by atoms with Gasteiger partial charge in [-0.25, -0.2) is 8.42 Å². The Kier molecular flexibility index (Phi) is 8.49. The third-order valence-electron chi connectivity index (χ3n) is 5.66. The molecule has 0 unspecified atom stereocenters. The highest BCUT2D eigenvalue weighted by Crippen LogP contribution is 2.21. The van der Waals surface area contributed by atoms with E-state index in [9.17, 15) is 13.2 Å². The van der Waals surface area contributed by atoms with Crippen molar-refractivity contribution in [2.24, 2.45) is 0 Å². The van der Waals surface area contributed by atoms with Crippen molar-refractivity contribution in [2.45, 2.75) is 49.8 Å². The molecule has 2 aromatic carbocycles. The summed E-state index contributed by atoms with van der Waals surface area (Å²) >= 11 is 0. The number of aryl methyl sites for hydroxylation is 1. The van der Waals surface area contributed by atoms with E-state index < -0.39 is 10.0 Å². The molecule has 0 radical (unpaired) electrons. The largest absolute Gasteiger partial charge is 0.497 e. The first kappa shape index (κ1) is 23.3. The first-order chi connectivity index (χ1) is 15.0. The zero-order valence-electron chi connectivity index (χ0n) is 18.2. The van der Waals surface area contributed by atoms with Crippen molar-refractivity contribution in [3.05, 3.63) is 59.7 Å². The number of carbonyl (C=O) groups excluding carboxylic acids is 1. The SMILES string of the molecule is COc1ccc(CCNC(=O)CCc2ccc(S(=O)(=O)N3CCCCCC3)cc2)cc1. The molecule has 1 N–H and O–H groups in total. The molecule has 0 atom stereocenters. The van der Waals surface area contributed by atoms with Crippen molar-refractivity contribution in [1.29, 1.82) is 0 Å². The number of hydrogen-bond donors (Lipinski definition) is 1. The Morgan fingerprint density at radius 1 is 0.903 bits per heavy atom. The monoisotopic (exact) mass is 444 g/mol. The van der Waals surface area contributed by atoms with E-state index >= 15 is 0 Å². The van der Waals surface area contributed by atoms with Crippen LogP contribution in [0.4, 0.5) is 0 Å². The van der Waals surface area contributed by atoms with Crippen LogP contribution in [0.15, 0.2) is 53.4 Å². The zero-order chi connectivity index (χ0) is 22.1. The number of nitrogens with one attached hydrogen (secondary N) is 1. The molecule has 1 aliphatic rings. The molecule has 0 aromatic heterocycles. The second kappa shape index (κ2) is 11.3. The summed E-state index contributed by atoms with van der Waals surface area (Å²) in [5.41, 5.74) is 2.10. The Labute approximate surface area is 185 Å². The predicted molar refractivity (Wildman–Crippen MR) is 122 cm³/mol. The van der Waals surface area contributed by atoms with Gasteiger partial charge >= 0.3 is 0 Å². The standard InChI is InChI=1S/C24H32N2O4S/c1-30-22-11-6-21(7-12-22)16-17-25-24(27)15-10-20-8-13-23(14-9-20)31(28,29)26-18-4-2-3-5-19-26/h6-9,11-14H,2-5,10,15-19H2,1H3,(H,25,27). The molecule has 1 aliphatic heterocycles. The third-order valence-corrected chi connectivity index (χ3v) is 7.57. The molecule has 2 aromatic rings. The number of ether oxygens (including phenoxy) is 1. The van der Waals surface area contributed by atoms with Crippen molar-refractivity contribution < 1.29 is 17.9 Å². The number of rotatable bonds is 9. The van der Waals surface area contributed by atoms with Gasteiger partial charge in [0.1, 0.15) is 5.75 Å². The van der Waals surface area contributed by atoms with Crippen LogP contribution in [-0.4, -0.2) is 45.4 Å². The van der Waals surface area contributed by atoms with Gasteiger partial charge in [0.15, 0.2) is 0 Å². The van der Waals surface area contributed by atoms with Gasteiger partial charge < -0.3 is 10.1 Å². The van der Waals surface area contributed by atoms with Crippen LogP contribution in [0.2, 0.25) is 0 Å². The van der Waals surface area contributed by atoms with Crippen LogP contribution in [0.1, 0.15) is 43.2 Å². The molecule has 7 heteroatoms. The Morgan fingerprint density at radius 2 is 1.48 bits per heavy atom. The predicted octanol–water partition coefficient (Wildman–Crippen LogP) is 3.55. The number of amides is 1. The van der Waals surface area contributed by atoms with E-state index in [1.54, 1.807) is 23.5 Å². The Morgan fingerprint density at radius 3 is 2.10 bits per heavy atom. The quantitative estimate of drug-likeness (QED) is 0.642. The van der Waals surface area contributed by atoms with Gasteiger partial charge in [-0.2, -0.15) is 4.31 Å². The van der Waals surface area contributed by atoms with Gasteiger partial charge in [-0.1, -0.05) is 37.1 Å². The van der Waals surface area contributed by atoms with Crippen molar-refractivity contribution in [2.75, 3.05) is 26.7 Å². The van der Waals surface area contributed by atoms with Gasteiger partial charge in [0.2, 0.25) is 15.9 Å². The van der Waals surface area contributed by atoms with Crippen LogP contribution >= 0.6 is 0 Å². The van der Waals surface area contributed by atoms with Gasteiger partial charge in [-0.15, -0.1) is 0 Å². The molecule has 168 valence electrons. The first-order valence-corrected chi connectivity index (χ1v) is 12.4. The highest BCUT2D eigenvalue weighted by Gasteiger charge is 2.24. The molecule has 0 aliphatic carbocycles. The number of nitrogens with zero attached hydrogens (tertiary/aromatic N) is 1. The molecule has 0 bridgehead atoms. The number of hydrogen-bond acceptors (Lipinski definition) is 4. The van der Waals surface area contributed by atoms with Gasteiger partial charge in [-0.3, -0.25) is 4.79 Å². The van der Waals surface area contributed by atoms with Crippen LogP contribution in [0, 0.1) is 0 Å². The number of benzene rings is 2. The number of carbonyl (C=O) groups is 1. The normalized spacial score (nSPS) is 15.3. The molecule has 1 heterocycles. The highest BCUT2D eigenvalue weighted by molar-refractivity contribution is 7.89. The van der Waals surface area contributed by atoms with E-state index in [1.165, 1.54) is 0 Å². The Bertz CT molecular complexity index is 933. The van der Waals surface area contributed by atoms with E-state index in [2.05, 4.69) is 5.32 Å². The summed E-state index contributed by atoms with van der Waals surface area (Å²) in [5, 5.41) is 2.94. The molecule has 31 heavy (non-hydrogen) atoms. The lowest BCUT2D eigenvalue weighted by Gasteiger charge is -2.20. The average molecular weight is 445 g/mol. The van der Waals surface area contributed by atoms with Crippen LogP contribution in [0.5, 0.6) is 5.75 Å². The fourth-order valence-corrected chi connectivity index (χ4v) is 5.26. The van der Waals surface area contributed by atoms with Crippen molar-refractivity contribution >= 4 is 15.9 Å². The fourth-order valence-electron chi connectivity index (χ4n) is 3.74. The average Bonchev–Trinajstić information content (AvgIpc) is 3.09. The van der Waals surface area contributed by atoms with Crippen LogP contribution < -0.4 is 10.1 Å². The molecular formula is C24H32N2O4S. The molecule has 0 spiro atoms. The molecule has 1 saturated heterocycles.